The van der Waals surface area contributed by atoms with Crippen LogP contribution in [0, 0.1) is 27.7 Å². The van der Waals surface area contributed by atoms with Crippen LogP contribution < -0.4 is 10.6 Å². The molecule has 0 fully saturated rings. The summed E-state index contributed by atoms with van der Waals surface area (Å²) in [5, 5.41) is 6.61. The Morgan fingerprint density at radius 1 is 0.857 bits per heavy atom. The molecule has 0 radical (unpaired) electrons. The molecule has 4 rings (SSSR count). The second kappa shape index (κ2) is 10.3. The Balaban J connectivity index is 1.57. The van der Waals surface area contributed by atoms with Crippen LogP contribution in [0.1, 0.15) is 28.1 Å². The van der Waals surface area contributed by atoms with Crippen LogP contribution in [0.15, 0.2) is 82.7 Å². The quantitative estimate of drug-likeness (QED) is 0.321. The average Bonchev–Trinajstić information content (AvgIpc) is 2.82. The summed E-state index contributed by atoms with van der Waals surface area (Å²) in [6, 6.07) is 21.1. The fourth-order valence-electron chi connectivity index (χ4n) is 4.12. The van der Waals surface area contributed by atoms with Crippen LogP contribution in [-0.2, 0) is 16.3 Å². The molecule has 1 heterocycles. The molecule has 0 saturated heterocycles. The molecule has 0 atom stereocenters. The Kier molecular flexibility index (Phi) is 7.17. The Hall–Kier alpha value is -3.71. The topological polar surface area (TPSA) is 84.0 Å². The molecular weight excluding hydrogens is 456 g/mol. The van der Waals surface area contributed by atoms with Gasteiger partial charge in [0.15, 0.2) is 5.82 Å². The first kappa shape index (κ1) is 24.4. The third kappa shape index (κ3) is 5.69. The number of sulfone groups is 1. The van der Waals surface area contributed by atoms with E-state index in [0.29, 0.717) is 5.82 Å². The molecule has 1 aromatic heterocycles. The zero-order valence-electron chi connectivity index (χ0n) is 20.5. The van der Waals surface area contributed by atoms with Gasteiger partial charge < -0.3 is 10.6 Å². The molecule has 0 spiro atoms. The number of nitrogens with zero attached hydrogens (tertiary/aromatic N) is 2. The first-order chi connectivity index (χ1) is 16.7. The van der Waals surface area contributed by atoms with Crippen molar-refractivity contribution in [1.29, 1.82) is 0 Å². The van der Waals surface area contributed by atoms with Crippen LogP contribution in [0.3, 0.4) is 0 Å². The highest BCUT2D eigenvalue weighted by molar-refractivity contribution is 7.91. The summed E-state index contributed by atoms with van der Waals surface area (Å²) in [7, 11) is -3.84. The maximum Gasteiger partial charge on any atom is 0.211 e. The van der Waals surface area contributed by atoms with E-state index in [4.69, 9.17) is 0 Å². The molecule has 0 aliphatic carbocycles. The minimum atomic E-state index is -3.84. The van der Waals surface area contributed by atoms with Crippen molar-refractivity contribution < 1.29 is 8.42 Å². The smallest absolute Gasteiger partial charge is 0.211 e. The van der Waals surface area contributed by atoms with Gasteiger partial charge in [0, 0.05) is 17.9 Å². The van der Waals surface area contributed by atoms with Crippen molar-refractivity contribution in [3.8, 4) is 0 Å². The van der Waals surface area contributed by atoms with Crippen molar-refractivity contribution in [1.82, 2.24) is 9.97 Å². The van der Waals surface area contributed by atoms with E-state index < -0.39 is 9.84 Å². The molecule has 0 unspecified atom stereocenters. The minimum absolute atomic E-state index is 0.0484. The van der Waals surface area contributed by atoms with Crippen LogP contribution in [0.2, 0.25) is 0 Å². The summed E-state index contributed by atoms with van der Waals surface area (Å²) in [4.78, 5) is 8.86. The third-order valence-electron chi connectivity index (χ3n) is 5.84. The number of anilines is 3. The maximum absolute atomic E-state index is 13.6. The van der Waals surface area contributed by atoms with Crippen LogP contribution in [0.4, 0.5) is 17.2 Å². The van der Waals surface area contributed by atoms with Crippen LogP contribution in [0.5, 0.6) is 0 Å². The molecule has 0 aliphatic rings. The molecular formula is C28H30N4O2S. The summed E-state index contributed by atoms with van der Waals surface area (Å²) < 4.78 is 27.1. The van der Waals surface area contributed by atoms with Crippen molar-refractivity contribution in [2.75, 3.05) is 17.2 Å². The Labute approximate surface area is 207 Å². The summed E-state index contributed by atoms with van der Waals surface area (Å²) in [5.74, 6) is 0.768. The number of aromatic nitrogens is 2. The van der Waals surface area contributed by atoms with Gasteiger partial charge in [-0.2, -0.15) is 0 Å². The van der Waals surface area contributed by atoms with E-state index in [0.717, 1.165) is 41.0 Å². The summed E-state index contributed by atoms with van der Waals surface area (Å²) in [5.41, 5.74) is 6.15. The minimum Gasteiger partial charge on any atom is -0.385 e. The Bertz CT molecular complexity index is 1410. The van der Waals surface area contributed by atoms with Crippen LogP contribution >= 0.6 is 0 Å². The largest absolute Gasteiger partial charge is 0.385 e. The molecule has 180 valence electrons. The molecule has 4 aromatic rings. The highest BCUT2D eigenvalue weighted by Gasteiger charge is 2.24. The number of hydrogen-bond donors (Lipinski definition) is 2. The zero-order chi connectivity index (χ0) is 25.0. The number of hydrogen-bond acceptors (Lipinski definition) is 6. The average molecular weight is 487 g/mol. The molecule has 2 N–H and O–H groups in total. The lowest BCUT2D eigenvalue weighted by Crippen LogP contribution is -2.10. The van der Waals surface area contributed by atoms with Gasteiger partial charge in [-0.15, -0.1) is 0 Å². The number of benzene rings is 3. The first-order valence-electron chi connectivity index (χ1n) is 11.6. The maximum atomic E-state index is 13.6. The second-order valence-electron chi connectivity index (χ2n) is 8.72. The second-order valence-corrected chi connectivity index (χ2v) is 10.6. The lowest BCUT2D eigenvalue weighted by atomic mass is 10.1. The van der Waals surface area contributed by atoms with E-state index >= 15 is 0 Å². The van der Waals surface area contributed by atoms with Gasteiger partial charge in [-0.25, -0.2) is 18.4 Å². The van der Waals surface area contributed by atoms with Gasteiger partial charge in [-0.05, 0) is 75.1 Å². The van der Waals surface area contributed by atoms with E-state index in [1.54, 1.807) is 31.2 Å². The summed E-state index contributed by atoms with van der Waals surface area (Å²) in [6.45, 7) is 8.52. The van der Waals surface area contributed by atoms with E-state index in [1.165, 1.54) is 11.8 Å². The van der Waals surface area contributed by atoms with Crippen molar-refractivity contribution in [2.45, 2.75) is 43.9 Å². The van der Waals surface area contributed by atoms with Crippen LogP contribution in [0.25, 0.3) is 0 Å². The van der Waals surface area contributed by atoms with Crippen LogP contribution in [-0.4, -0.2) is 24.9 Å². The molecule has 0 aliphatic heterocycles. The monoisotopic (exact) mass is 486 g/mol. The van der Waals surface area contributed by atoms with Gasteiger partial charge in [0.05, 0.1) is 11.1 Å². The highest BCUT2D eigenvalue weighted by Crippen LogP contribution is 2.31. The number of rotatable bonds is 8. The Morgan fingerprint density at radius 2 is 1.51 bits per heavy atom. The van der Waals surface area contributed by atoms with Gasteiger partial charge >= 0.3 is 0 Å². The molecule has 6 nitrogen and oxygen atoms in total. The van der Waals surface area contributed by atoms with Gasteiger partial charge in [0.25, 0.3) is 0 Å². The fraction of sp³-hybridized carbons (Fsp3) is 0.214. The summed E-state index contributed by atoms with van der Waals surface area (Å²) >= 11 is 0. The SMILES string of the molecule is Cc1cc(C)c(Nc2nc(C)ncc2S(=O)(=O)c2ccc(NCCc3ccccc3)cc2)c(C)c1. The van der Waals surface area contributed by atoms with Crippen molar-refractivity contribution >= 4 is 27.0 Å². The van der Waals surface area contributed by atoms with E-state index in [9.17, 15) is 8.42 Å². The molecule has 0 saturated carbocycles. The normalized spacial score (nSPS) is 11.3. The van der Waals surface area contributed by atoms with Crippen molar-refractivity contribution in [3.05, 3.63) is 101 Å². The van der Waals surface area contributed by atoms with Gasteiger partial charge in [-0.1, -0.05) is 48.0 Å². The predicted molar refractivity (Wildman–Crippen MR) is 141 cm³/mol. The van der Waals surface area contributed by atoms with E-state index in [1.807, 2.05) is 39.0 Å². The lowest BCUT2D eigenvalue weighted by molar-refractivity contribution is 0.595. The number of aryl methyl sites for hydroxylation is 4. The predicted octanol–water partition coefficient (Wildman–Crippen LogP) is 5.94. The lowest BCUT2D eigenvalue weighted by Gasteiger charge is -2.16. The third-order valence-corrected chi connectivity index (χ3v) is 7.61. The Morgan fingerprint density at radius 3 is 2.17 bits per heavy atom. The summed E-state index contributed by atoms with van der Waals surface area (Å²) in [6.07, 6.45) is 2.26. The van der Waals surface area contributed by atoms with Gasteiger partial charge in [0.2, 0.25) is 9.84 Å². The molecule has 35 heavy (non-hydrogen) atoms. The molecule has 7 heteroatoms. The first-order valence-corrected chi connectivity index (χ1v) is 13.0. The highest BCUT2D eigenvalue weighted by atomic mass is 32.2. The molecule has 0 bridgehead atoms. The van der Waals surface area contributed by atoms with Crippen molar-refractivity contribution in [2.24, 2.45) is 0 Å². The van der Waals surface area contributed by atoms with E-state index in [-0.39, 0.29) is 15.6 Å². The standard InChI is InChI=1S/C28H30N4O2S/c1-19-16-20(2)27(21(3)17-19)32-28-26(18-30-22(4)31-28)35(33,34)25-12-10-24(11-13-25)29-15-14-23-8-6-5-7-9-23/h5-13,16-18,29H,14-15H2,1-4H3,(H,30,31,32). The number of nitrogens with one attached hydrogen (secondary N) is 2. The van der Waals surface area contributed by atoms with Crippen molar-refractivity contribution in [3.63, 3.8) is 0 Å². The molecule has 3 aromatic carbocycles. The van der Waals surface area contributed by atoms with E-state index in [2.05, 4.69) is 44.9 Å². The fourth-order valence-corrected chi connectivity index (χ4v) is 5.41. The van der Waals surface area contributed by atoms with Gasteiger partial charge in [-0.3, -0.25) is 0 Å². The zero-order valence-corrected chi connectivity index (χ0v) is 21.3. The molecule has 0 amide bonds. The van der Waals surface area contributed by atoms with Gasteiger partial charge in [0.1, 0.15) is 10.7 Å².